The minimum atomic E-state index is -0.608. The average Bonchev–Trinajstić information content (AvgIpc) is 2.90. The van der Waals surface area contributed by atoms with Gasteiger partial charge in [0, 0.05) is 18.3 Å². The molecule has 0 radical (unpaired) electrons. The van der Waals surface area contributed by atoms with E-state index < -0.39 is 5.41 Å². The average molecular weight is 443 g/mol. The lowest BCUT2D eigenvalue weighted by atomic mass is 9.93. The van der Waals surface area contributed by atoms with Crippen LogP contribution in [0.25, 0.3) is 11.1 Å². The molecule has 0 unspecified atom stereocenters. The van der Waals surface area contributed by atoms with Crippen LogP contribution in [0.4, 0.5) is 11.4 Å². The summed E-state index contributed by atoms with van der Waals surface area (Å²) >= 11 is 0. The third-order valence-corrected chi connectivity index (χ3v) is 5.82. The number of rotatable bonds is 6. The molecule has 0 aliphatic carbocycles. The number of hydrogen-bond donors (Lipinski definition) is 1. The number of carbonyl (C=O) groups excluding carboxylic acids is 2. The lowest BCUT2D eigenvalue weighted by molar-refractivity contribution is -0.127. The number of hydrogen-bond acceptors (Lipinski definition) is 3. The van der Waals surface area contributed by atoms with Crippen molar-refractivity contribution in [2.24, 2.45) is 5.41 Å². The highest BCUT2D eigenvalue weighted by Crippen LogP contribution is 2.38. The number of nitrogens with zero attached hydrogens (tertiary/aromatic N) is 1. The summed E-state index contributed by atoms with van der Waals surface area (Å²) in [6.07, 6.45) is 1.13. The van der Waals surface area contributed by atoms with Gasteiger partial charge in [-0.2, -0.15) is 0 Å². The molecule has 1 heterocycles. The fourth-order valence-corrected chi connectivity index (χ4v) is 4.01. The minimum absolute atomic E-state index is 0.0545. The predicted octanol–water partition coefficient (Wildman–Crippen LogP) is 5.70. The molecular formula is C28H30N2O3. The van der Waals surface area contributed by atoms with E-state index in [1.54, 1.807) is 4.90 Å². The molecule has 1 aliphatic rings. The van der Waals surface area contributed by atoms with Crippen molar-refractivity contribution in [2.75, 3.05) is 23.4 Å². The molecule has 0 aromatic heterocycles. The van der Waals surface area contributed by atoms with Gasteiger partial charge in [0.15, 0.2) is 0 Å². The van der Waals surface area contributed by atoms with Gasteiger partial charge >= 0.3 is 0 Å². The van der Waals surface area contributed by atoms with Crippen molar-refractivity contribution in [1.82, 2.24) is 0 Å². The molecule has 2 amide bonds. The minimum Gasteiger partial charge on any atom is -0.490 e. The number of amides is 2. The second-order valence-corrected chi connectivity index (χ2v) is 9.10. The largest absolute Gasteiger partial charge is 0.490 e. The molecule has 0 spiro atoms. The lowest BCUT2D eigenvalue weighted by Gasteiger charge is -2.27. The summed E-state index contributed by atoms with van der Waals surface area (Å²) in [6, 6.07) is 23.7. The zero-order chi connectivity index (χ0) is 23.4. The van der Waals surface area contributed by atoms with Crippen LogP contribution in [0.3, 0.4) is 0 Å². The molecular weight excluding hydrogens is 412 g/mol. The molecule has 0 atom stereocenters. The third kappa shape index (κ3) is 5.08. The quantitative estimate of drug-likeness (QED) is 0.533. The molecule has 5 heteroatoms. The summed E-state index contributed by atoms with van der Waals surface area (Å²) in [6.45, 7) is 6.77. The molecule has 3 aromatic carbocycles. The second kappa shape index (κ2) is 9.49. The Morgan fingerprint density at radius 2 is 1.70 bits per heavy atom. The number of ether oxygens (including phenoxy) is 1. The number of nitrogens with one attached hydrogen (secondary N) is 1. The van der Waals surface area contributed by atoms with Crippen molar-refractivity contribution in [3.8, 4) is 16.9 Å². The van der Waals surface area contributed by atoms with Gasteiger partial charge < -0.3 is 15.0 Å². The van der Waals surface area contributed by atoms with E-state index in [0.717, 1.165) is 28.8 Å². The molecule has 0 bridgehead atoms. The van der Waals surface area contributed by atoms with Gasteiger partial charge in [-0.25, -0.2) is 0 Å². The molecule has 170 valence electrons. The van der Waals surface area contributed by atoms with E-state index in [1.165, 1.54) is 0 Å². The van der Waals surface area contributed by atoms with E-state index >= 15 is 0 Å². The highest BCUT2D eigenvalue weighted by atomic mass is 16.5. The maximum atomic E-state index is 13.0. The number of benzene rings is 3. The Balaban J connectivity index is 1.46. The normalized spacial score (nSPS) is 14.8. The Labute approximate surface area is 195 Å². The summed E-state index contributed by atoms with van der Waals surface area (Å²) in [7, 11) is 0. The first kappa shape index (κ1) is 22.6. The SMILES string of the molecule is CCCN1C(=O)C(C)(C)COc2cc(NC(=O)Cc3ccc(-c4ccccc4)cc3)ccc21. The first-order valence-corrected chi connectivity index (χ1v) is 11.4. The Bertz CT molecular complexity index is 1140. The topological polar surface area (TPSA) is 58.6 Å². The van der Waals surface area contributed by atoms with Gasteiger partial charge in [-0.05, 0) is 49.1 Å². The van der Waals surface area contributed by atoms with Crippen molar-refractivity contribution in [3.05, 3.63) is 78.4 Å². The van der Waals surface area contributed by atoms with Crippen LogP contribution >= 0.6 is 0 Å². The highest BCUT2D eigenvalue weighted by Gasteiger charge is 2.37. The fourth-order valence-electron chi connectivity index (χ4n) is 4.01. The van der Waals surface area contributed by atoms with Gasteiger partial charge in [-0.3, -0.25) is 9.59 Å². The van der Waals surface area contributed by atoms with Crippen molar-refractivity contribution >= 4 is 23.2 Å². The van der Waals surface area contributed by atoms with Crippen molar-refractivity contribution in [1.29, 1.82) is 0 Å². The fraction of sp³-hybridized carbons (Fsp3) is 0.286. The Morgan fingerprint density at radius 3 is 2.39 bits per heavy atom. The smallest absolute Gasteiger partial charge is 0.236 e. The van der Waals surface area contributed by atoms with Gasteiger partial charge in [-0.15, -0.1) is 0 Å². The maximum Gasteiger partial charge on any atom is 0.236 e. The number of anilines is 2. The van der Waals surface area contributed by atoms with Gasteiger partial charge in [0.2, 0.25) is 11.8 Å². The zero-order valence-corrected chi connectivity index (χ0v) is 19.4. The standard InChI is InChI=1S/C28H30N2O3/c1-4-16-30-24-15-14-23(18-25(24)33-19-28(2,3)27(30)32)29-26(31)17-20-10-12-22(13-11-20)21-8-6-5-7-9-21/h5-15,18H,4,16-17,19H2,1-3H3,(H,29,31). The monoisotopic (exact) mass is 442 g/mol. The summed E-state index contributed by atoms with van der Waals surface area (Å²) in [5.74, 6) is 0.573. The van der Waals surface area contributed by atoms with Gasteiger partial charge in [0.05, 0.1) is 17.5 Å². The van der Waals surface area contributed by atoms with Crippen LogP contribution < -0.4 is 15.0 Å². The number of carbonyl (C=O) groups is 2. The predicted molar refractivity (Wildman–Crippen MR) is 133 cm³/mol. The van der Waals surface area contributed by atoms with Crippen LogP contribution in [0.15, 0.2) is 72.8 Å². The Kier molecular flexibility index (Phi) is 6.50. The van der Waals surface area contributed by atoms with Gasteiger partial charge in [0.1, 0.15) is 12.4 Å². The van der Waals surface area contributed by atoms with Crippen LogP contribution in [0.2, 0.25) is 0 Å². The van der Waals surface area contributed by atoms with Gasteiger partial charge in [-0.1, -0.05) is 61.5 Å². The van der Waals surface area contributed by atoms with Crippen LogP contribution in [0.1, 0.15) is 32.8 Å². The van der Waals surface area contributed by atoms with Crippen LogP contribution in [0.5, 0.6) is 5.75 Å². The van der Waals surface area contributed by atoms with Gasteiger partial charge in [0.25, 0.3) is 0 Å². The molecule has 33 heavy (non-hydrogen) atoms. The molecule has 5 nitrogen and oxygen atoms in total. The van der Waals surface area contributed by atoms with Crippen LogP contribution in [0, 0.1) is 5.41 Å². The Hall–Kier alpha value is -3.60. The molecule has 0 saturated heterocycles. The molecule has 1 aliphatic heterocycles. The summed E-state index contributed by atoms with van der Waals surface area (Å²) < 4.78 is 5.99. The molecule has 4 rings (SSSR count). The first-order chi connectivity index (χ1) is 15.9. The summed E-state index contributed by atoms with van der Waals surface area (Å²) in [4.78, 5) is 27.4. The van der Waals surface area contributed by atoms with Crippen LogP contribution in [-0.4, -0.2) is 25.0 Å². The van der Waals surface area contributed by atoms with E-state index in [0.29, 0.717) is 24.6 Å². The Morgan fingerprint density at radius 1 is 1.00 bits per heavy atom. The number of fused-ring (bicyclic) bond motifs is 1. The van der Waals surface area contributed by atoms with Crippen molar-refractivity contribution < 1.29 is 14.3 Å². The maximum absolute atomic E-state index is 13.0. The van der Waals surface area contributed by atoms with Crippen molar-refractivity contribution in [2.45, 2.75) is 33.6 Å². The first-order valence-electron chi connectivity index (χ1n) is 11.4. The summed E-state index contributed by atoms with van der Waals surface area (Å²) in [5.41, 5.74) is 4.02. The van der Waals surface area contributed by atoms with E-state index in [9.17, 15) is 9.59 Å². The van der Waals surface area contributed by atoms with E-state index in [1.807, 2.05) is 81.4 Å². The van der Waals surface area contributed by atoms with Crippen LogP contribution in [-0.2, 0) is 16.0 Å². The third-order valence-electron chi connectivity index (χ3n) is 5.82. The van der Waals surface area contributed by atoms with E-state index in [4.69, 9.17) is 4.74 Å². The van der Waals surface area contributed by atoms with Crippen molar-refractivity contribution in [3.63, 3.8) is 0 Å². The lowest BCUT2D eigenvalue weighted by Crippen LogP contribution is -2.42. The van der Waals surface area contributed by atoms with E-state index in [-0.39, 0.29) is 18.2 Å². The highest BCUT2D eigenvalue weighted by molar-refractivity contribution is 6.00. The molecule has 0 fully saturated rings. The van der Waals surface area contributed by atoms with E-state index in [2.05, 4.69) is 17.4 Å². The summed E-state index contributed by atoms with van der Waals surface area (Å²) in [5, 5.41) is 2.96. The molecule has 0 saturated carbocycles. The zero-order valence-electron chi connectivity index (χ0n) is 19.4. The second-order valence-electron chi connectivity index (χ2n) is 9.10. The molecule has 1 N–H and O–H groups in total. The molecule has 3 aromatic rings.